The summed E-state index contributed by atoms with van der Waals surface area (Å²) in [6, 6.07) is 0. The maximum atomic E-state index is 11.7. The Morgan fingerprint density at radius 2 is 2.18 bits per heavy atom. The predicted molar refractivity (Wildman–Crippen MR) is 66.6 cm³/mol. The molecule has 1 atom stereocenters. The van der Waals surface area contributed by atoms with E-state index in [1.165, 1.54) is 25.7 Å². The van der Waals surface area contributed by atoms with Crippen LogP contribution in [0.15, 0.2) is 0 Å². The molecule has 0 aromatic carbocycles. The minimum Gasteiger partial charge on any atom is -0.376 e. The predicted octanol–water partition coefficient (Wildman–Crippen LogP) is 1.50. The van der Waals surface area contributed by atoms with Crippen LogP contribution in [-0.2, 0) is 9.53 Å². The zero-order chi connectivity index (χ0) is 12.1. The van der Waals surface area contributed by atoms with E-state index in [1.807, 2.05) is 4.90 Å². The molecule has 1 aliphatic carbocycles. The molecule has 0 bridgehead atoms. The Hall–Kier alpha value is -0.610. The van der Waals surface area contributed by atoms with Gasteiger partial charge in [0.1, 0.15) is 0 Å². The topological polar surface area (TPSA) is 41.6 Å². The van der Waals surface area contributed by atoms with Crippen LogP contribution < -0.4 is 5.32 Å². The standard InChI is InChI=1S/C13H24N2O2/c1-2-5-12-14-10-13(16)15(12)8-9-17-11-6-3-4-7-11/h11-12,14H,2-10H2,1H3. The Morgan fingerprint density at radius 1 is 1.41 bits per heavy atom. The Balaban J connectivity index is 1.70. The Kier molecular flexibility index (Phi) is 4.80. The number of hydrogen-bond acceptors (Lipinski definition) is 3. The molecular formula is C13H24N2O2. The Bertz CT molecular complexity index is 252. The van der Waals surface area contributed by atoms with Gasteiger partial charge in [-0.1, -0.05) is 26.2 Å². The van der Waals surface area contributed by atoms with Crippen molar-refractivity contribution in [3.8, 4) is 0 Å². The van der Waals surface area contributed by atoms with E-state index in [0.717, 1.165) is 19.4 Å². The van der Waals surface area contributed by atoms with Gasteiger partial charge in [0.25, 0.3) is 0 Å². The first kappa shape index (κ1) is 12.8. The smallest absolute Gasteiger partial charge is 0.237 e. The van der Waals surface area contributed by atoms with Crippen molar-refractivity contribution in [2.24, 2.45) is 0 Å². The number of rotatable bonds is 6. The molecule has 0 spiro atoms. The van der Waals surface area contributed by atoms with Gasteiger partial charge in [-0.2, -0.15) is 0 Å². The second-order valence-corrected chi connectivity index (χ2v) is 5.05. The maximum Gasteiger partial charge on any atom is 0.237 e. The SMILES string of the molecule is CCCC1NCC(=O)N1CCOC1CCCC1. The highest BCUT2D eigenvalue weighted by molar-refractivity contribution is 5.80. The molecule has 1 amide bonds. The lowest BCUT2D eigenvalue weighted by molar-refractivity contribution is -0.129. The lowest BCUT2D eigenvalue weighted by atomic mass is 10.2. The fourth-order valence-electron chi connectivity index (χ4n) is 2.78. The summed E-state index contributed by atoms with van der Waals surface area (Å²) in [5, 5.41) is 3.26. The number of nitrogens with zero attached hydrogens (tertiary/aromatic N) is 1. The third-order valence-electron chi connectivity index (χ3n) is 3.74. The zero-order valence-electron chi connectivity index (χ0n) is 10.8. The van der Waals surface area contributed by atoms with Crippen molar-refractivity contribution in [2.45, 2.75) is 57.7 Å². The van der Waals surface area contributed by atoms with E-state index in [1.54, 1.807) is 0 Å². The van der Waals surface area contributed by atoms with E-state index in [9.17, 15) is 4.79 Å². The van der Waals surface area contributed by atoms with E-state index in [0.29, 0.717) is 19.3 Å². The Labute approximate surface area is 104 Å². The first-order chi connectivity index (χ1) is 8.31. The van der Waals surface area contributed by atoms with Crippen LogP contribution in [0.4, 0.5) is 0 Å². The van der Waals surface area contributed by atoms with Crippen LogP contribution in [0.2, 0.25) is 0 Å². The largest absolute Gasteiger partial charge is 0.376 e. The molecule has 0 aromatic heterocycles. The number of ether oxygens (including phenoxy) is 1. The van der Waals surface area contributed by atoms with Gasteiger partial charge in [-0.05, 0) is 19.3 Å². The van der Waals surface area contributed by atoms with E-state index in [4.69, 9.17) is 4.74 Å². The van der Waals surface area contributed by atoms with E-state index >= 15 is 0 Å². The van der Waals surface area contributed by atoms with Crippen molar-refractivity contribution >= 4 is 5.91 Å². The minimum absolute atomic E-state index is 0.221. The number of amides is 1. The molecular weight excluding hydrogens is 216 g/mol. The van der Waals surface area contributed by atoms with Gasteiger partial charge in [0.15, 0.2) is 0 Å². The molecule has 4 nitrogen and oxygen atoms in total. The van der Waals surface area contributed by atoms with E-state index < -0.39 is 0 Å². The number of carbonyl (C=O) groups excluding carboxylic acids is 1. The lowest BCUT2D eigenvalue weighted by Gasteiger charge is -2.24. The molecule has 2 aliphatic rings. The summed E-state index contributed by atoms with van der Waals surface area (Å²) in [5.74, 6) is 0.221. The van der Waals surface area contributed by atoms with E-state index in [2.05, 4.69) is 12.2 Å². The minimum atomic E-state index is 0.221. The first-order valence-corrected chi connectivity index (χ1v) is 6.95. The molecule has 0 radical (unpaired) electrons. The number of carbonyl (C=O) groups is 1. The highest BCUT2D eigenvalue weighted by Crippen LogP contribution is 2.21. The number of hydrogen-bond donors (Lipinski definition) is 1. The van der Waals surface area contributed by atoms with Gasteiger partial charge < -0.3 is 9.64 Å². The second kappa shape index (κ2) is 6.36. The van der Waals surface area contributed by atoms with Crippen LogP contribution in [0.25, 0.3) is 0 Å². The maximum absolute atomic E-state index is 11.7. The summed E-state index contributed by atoms with van der Waals surface area (Å²) >= 11 is 0. The molecule has 2 fully saturated rings. The van der Waals surface area contributed by atoms with E-state index in [-0.39, 0.29) is 12.1 Å². The van der Waals surface area contributed by atoms with Crippen molar-refractivity contribution in [2.75, 3.05) is 19.7 Å². The zero-order valence-corrected chi connectivity index (χ0v) is 10.8. The molecule has 4 heteroatoms. The Morgan fingerprint density at radius 3 is 2.88 bits per heavy atom. The average Bonchev–Trinajstić information content (AvgIpc) is 2.93. The summed E-state index contributed by atoms with van der Waals surface area (Å²) < 4.78 is 5.82. The van der Waals surface area contributed by atoms with Crippen LogP contribution in [0.1, 0.15) is 45.4 Å². The van der Waals surface area contributed by atoms with Crippen LogP contribution >= 0.6 is 0 Å². The van der Waals surface area contributed by atoms with Gasteiger partial charge in [0.2, 0.25) is 5.91 Å². The monoisotopic (exact) mass is 240 g/mol. The fourth-order valence-corrected chi connectivity index (χ4v) is 2.78. The van der Waals surface area contributed by atoms with Crippen molar-refractivity contribution in [3.63, 3.8) is 0 Å². The van der Waals surface area contributed by atoms with Crippen molar-refractivity contribution in [1.82, 2.24) is 10.2 Å². The van der Waals surface area contributed by atoms with Crippen LogP contribution in [0, 0.1) is 0 Å². The number of nitrogens with one attached hydrogen (secondary N) is 1. The lowest BCUT2D eigenvalue weighted by Crippen LogP contribution is -2.39. The van der Waals surface area contributed by atoms with Crippen LogP contribution in [-0.4, -0.2) is 42.8 Å². The van der Waals surface area contributed by atoms with Crippen LogP contribution in [0.5, 0.6) is 0 Å². The van der Waals surface area contributed by atoms with Crippen molar-refractivity contribution < 1.29 is 9.53 Å². The summed E-state index contributed by atoms with van der Waals surface area (Å²) in [6.45, 7) is 4.08. The van der Waals surface area contributed by atoms with Crippen LogP contribution in [0.3, 0.4) is 0 Å². The summed E-state index contributed by atoms with van der Waals surface area (Å²) in [7, 11) is 0. The molecule has 1 saturated heterocycles. The fraction of sp³-hybridized carbons (Fsp3) is 0.923. The summed E-state index contributed by atoms with van der Waals surface area (Å²) in [4.78, 5) is 13.6. The second-order valence-electron chi connectivity index (χ2n) is 5.05. The van der Waals surface area contributed by atoms with Crippen molar-refractivity contribution in [1.29, 1.82) is 0 Å². The first-order valence-electron chi connectivity index (χ1n) is 6.95. The van der Waals surface area contributed by atoms with Gasteiger partial charge in [0.05, 0.1) is 25.4 Å². The summed E-state index contributed by atoms with van der Waals surface area (Å²) in [5.41, 5.74) is 0. The quantitative estimate of drug-likeness (QED) is 0.765. The van der Waals surface area contributed by atoms with Crippen molar-refractivity contribution in [3.05, 3.63) is 0 Å². The van der Waals surface area contributed by atoms with Gasteiger partial charge in [-0.3, -0.25) is 10.1 Å². The third kappa shape index (κ3) is 3.42. The van der Waals surface area contributed by atoms with Gasteiger partial charge in [-0.15, -0.1) is 0 Å². The molecule has 1 aliphatic heterocycles. The molecule has 0 aromatic rings. The molecule has 1 N–H and O–H groups in total. The molecule has 1 heterocycles. The third-order valence-corrected chi connectivity index (χ3v) is 3.74. The van der Waals surface area contributed by atoms with Gasteiger partial charge >= 0.3 is 0 Å². The normalized spacial score (nSPS) is 26.1. The van der Waals surface area contributed by atoms with Gasteiger partial charge in [-0.25, -0.2) is 0 Å². The highest BCUT2D eigenvalue weighted by atomic mass is 16.5. The molecule has 17 heavy (non-hydrogen) atoms. The molecule has 1 saturated carbocycles. The summed E-state index contributed by atoms with van der Waals surface area (Å²) in [6.07, 6.45) is 7.82. The van der Waals surface area contributed by atoms with Gasteiger partial charge in [0, 0.05) is 6.54 Å². The molecule has 2 rings (SSSR count). The molecule has 1 unspecified atom stereocenters. The molecule has 98 valence electrons. The highest BCUT2D eigenvalue weighted by Gasteiger charge is 2.29. The average molecular weight is 240 g/mol.